The summed E-state index contributed by atoms with van der Waals surface area (Å²) in [4.78, 5) is 13.9. The predicted molar refractivity (Wildman–Crippen MR) is 96.3 cm³/mol. The minimum Gasteiger partial charge on any atom is -0.444 e. The van der Waals surface area contributed by atoms with E-state index in [1.165, 1.54) is 0 Å². The zero-order valence-electron chi connectivity index (χ0n) is 14.6. The number of hydrogen-bond acceptors (Lipinski definition) is 4. The number of amides is 1. The summed E-state index contributed by atoms with van der Waals surface area (Å²) in [5.41, 5.74) is 7.77. The molecule has 1 aliphatic rings. The van der Waals surface area contributed by atoms with Crippen LogP contribution < -0.4 is 5.73 Å². The highest BCUT2D eigenvalue weighted by Crippen LogP contribution is 2.30. The van der Waals surface area contributed by atoms with Crippen LogP contribution in [0, 0.1) is 17.8 Å². The van der Waals surface area contributed by atoms with Crippen LogP contribution in [0.1, 0.15) is 50.7 Å². The molecule has 5 heteroatoms. The highest BCUT2D eigenvalue weighted by Gasteiger charge is 2.27. The van der Waals surface area contributed by atoms with Crippen LogP contribution in [0.2, 0.25) is 0 Å². The van der Waals surface area contributed by atoms with Crippen molar-refractivity contribution in [2.24, 2.45) is 0 Å². The van der Waals surface area contributed by atoms with E-state index in [0.717, 1.165) is 18.4 Å². The molecular formula is C19H25N3O2. The molecule has 0 atom stereocenters. The maximum Gasteiger partial charge on any atom is 0.410 e. The molecule has 1 aliphatic heterocycles. The van der Waals surface area contributed by atoms with Gasteiger partial charge in [0.25, 0.3) is 0 Å². The smallest absolute Gasteiger partial charge is 0.410 e. The summed E-state index contributed by atoms with van der Waals surface area (Å²) in [5, 5.41) is 7.82. The van der Waals surface area contributed by atoms with Crippen molar-refractivity contribution in [2.45, 2.75) is 45.1 Å². The van der Waals surface area contributed by atoms with Crippen molar-refractivity contribution in [1.82, 2.24) is 4.90 Å². The Kier molecular flexibility index (Phi) is 5.18. The van der Waals surface area contributed by atoms with Crippen LogP contribution in [0.4, 0.5) is 10.5 Å². The van der Waals surface area contributed by atoms with E-state index in [4.69, 9.17) is 22.3 Å². The average molecular weight is 327 g/mol. The number of ether oxygens (including phenoxy) is 1. The Morgan fingerprint density at radius 1 is 1.38 bits per heavy atom. The van der Waals surface area contributed by atoms with E-state index in [-0.39, 0.29) is 11.8 Å². The van der Waals surface area contributed by atoms with Gasteiger partial charge in [-0.3, -0.25) is 5.41 Å². The molecule has 1 heterocycles. The van der Waals surface area contributed by atoms with Crippen LogP contribution in [-0.2, 0) is 4.74 Å². The summed E-state index contributed by atoms with van der Waals surface area (Å²) in [6, 6.07) is 5.69. The number of nitrogen functional groups attached to an aromatic ring is 1. The van der Waals surface area contributed by atoms with Crippen molar-refractivity contribution in [3.8, 4) is 12.3 Å². The summed E-state index contributed by atoms with van der Waals surface area (Å²) in [6.07, 6.45) is 6.77. The van der Waals surface area contributed by atoms with Gasteiger partial charge in [0.15, 0.2) is 0 Å². The molecule has 128 valence electrons. The zero-order valence-corrected chi connectivity index (χ0v) is 14.6. The fourth-order valence-corrected chi connectivity index (χ4v) is 2.84. The molecule has 3 N–H and O–H groups in total. The second-order valence-corrected chi connectivity index (χ2v) is 7.11. The normalized spacial score (nSPS) is 15.7. The molecule has 0 aliphatic carbocycles. The highest BCUT2D eigenvalue weighted by molar-refractivity contribution is 6.13. The molecule has 0 radical (unpaired) electrons. The minimum absolute atomic E-state index is 0.0977. The number of carbonyl (C=O) groups excluding carboxylic acids is 1. The minimum atomic E-state index is -0.477. The van der Waals surface area contributed by atoms with Crippen molar-refractivity contribution in [2.75, 3.05) is 18.8 Å². The van der Waals surface area contributed by atoms with Crippen molar-refractivity contribution in [3.05, 3.63) is 29.3 Å². The van der Waals surface area contributed by atoms with E-state index >= 15 is 0 Å². The zero-order chi connectivity index (χ0) is 17.9. The number of nitrogens with one attached hydrogen (secondary N) is 1. The maximum absolute atomic E-state index is 12.1. The van der Waals surface area contributed by atoms with Crippen LogP contribution >= 0.6 is 0 Å². The number of anilines is 1. The summed E-state index contributed by atoms with van der Waals surface area (Å²) in [7, 11) is 0. The van der Waals surface area contributed by atoms with Gasteiger partial charge in [0.2, 0.25) is 0 Å². The SMILES string of the molecule is C#CC(=N)c1cc(C2CCN(C(=O)OC(C)(C)C)CC2)ccc1N. The molecule has 2 rings (SSSR count). The number of hydrogen-bond donors (Lipinski definition) is 2. The summed E-state index contributed by atoms with van der Waals surface area (Å²) < 4.78 is 5.42. The number of nitrogens with zero attached hydrogens (tertiary/aromatic N) is 1. The molecule has 0 aromatic heterocycles. The Hall–Kier alpha value is -2.48. The van der Waals surface area contributed by atoms with Gasteiger partial charge in [0.1, 0.15) is 11.3 Å². The van der Waals surface area contributed by atoms with E-state index in [1.807, 2.05) is 32.9 Å². The second kappa shape index (κ2) is 6.96. The lowest BCUT2D eigenvalue weighted by Crippen LogP contribution is -2.41. The molecule has 1 amide bonds. The number of nitrogens with two attached hydrogens (primary N) is 1. The third-order valence-electron chi connectivity index (χ3n) is 4.11. The lowest BCUT2D eigenvalue weighted by molar-refractivity contribution is 0.0205. The first-order chi connectivity index (χ1) is 11.2. The van der Waals surface area contributed by atoms with Crippen LogP contribution in [-0.4, -0.2) is 35.4 Å². The van der Waals surface area contributed by atoms with E-state index < -0.39 is 5.60 Å². The van der Waals surface area contributed by atoms with Gasteiger partial charge in [-0.1, -0.05) is 12.0 Å². The first kappa shape index (κ1) is 17.9. The highest BCUT2D eigenvalue weighted by atomic mass is 16.6. The third-order valence-corrected chi connectivity index (χ3v) is 4.11. The van der Waals surface area contributed by atoms with Gasteiger partial charge in [-0.2, -0.15) is 0 Å². The Balaban J connectivity index is 2.04. The molecule has 0 spiro atoms. The summed E-state index contributed by atoms with van der Waals surface area (Å²) in [6.45, 7) is 6.92. The van der Waals surface area contributed by atoms with E-state index in [9.17, 15) is 4.79 Å². The molecule has 1 aromatic carbocycles. The van der Waals surface area contributed by atoms with Gasteiger partial charge >= 0.3 is 6.09 Å². The van der Waals surface area contributed by atoms with Gasteiger partial charge in [0, 0.05) is 24.3 Å². The lowest BCUT2D eigenvalue weighted by Gasteiger charge is -2.33. The van der Waals surface area contributed by atoms with Gasteiger partial charge < -0.3 is 15.4 Å². The molecule has 0 saturated carbocycles. The van der Waals surface area contributed by atoms with E-state index in [0.29, 0.717) is 30.3 Å². The number of piperidine rings is 1. The molecule has 0 unspecified atom stereocenters. The summed E-state index contributed by atoms with van der Waals surface area (Å²) in [5.74, 6) is 2.66. The van der Waals surface area contributed by atoms with E-state index in [1.54, 1.807) is 11.0 Å². The lowest BCUT2D eigenvalue weighted by atomic mass is 9.88. The van der Waals surface area contributed by atoms with Crippen LogP contribution in [0.25, 0.3) is 0 Å². The predicted octanol–water partition coefficient (Wildman–Crippen LogP) is 3.38. The topological polar surface area (TPSA) is 79.4 Å². The standard InChI is InChI=1S/C19H25N3O2/c1-5-16(20)15-12-14(6-7-17(15)21)13-8-10-22(11-9-13)18(23)24-19(2,3)4/h1,6-7,12-13,20H,8-11,21H2,2-4H3. The molecule has 1 saturated heterocycles. The quantitative estimate of drug-likeness (QED) is 0.496. The fraction of sp³-hybridized carbons (Fsp3) is 0.474. The third kappa shape index (κ3) is 4.29. The van der Waals surface area contributed by atoms with Crippen molar-refractivity contribution < 1.29 is 9.53 Å². The number of benzene rings is 1. The van der Waals surface area contributed by atoms with Crippen molar-refractivity contribution >= 4 is 17.5 Å². The van der Waals surface area contributed by atoms with Gasteiger partial charge in [-0.25, -0.2) is 4.79 Å². The maximum atomic E-state index is 12.1. The summed E-state index contributed by atoms with van der Waals surface area (Å²) >= 11 is 0. The van der Waals surface area contributed by atoms with Gasteiger partial charge in [-0.15, -0.1) is 6.42 Å². The average Bonchev–Trinajstić information content (AvgIpc) is 2.53. The number of carbonyl (C=O) groups is 1. The molecule has 1 fully saturated rings. The van der Waals surface area contributed by atoms with Crippen molar-refractivity contribution in [3.63, 3.8) is 0 Å². The molecular weight excluding hydrogens is 302 g/mol. The van der Waals surface area contributed by atoms with Gasteiger partial charge in [-0.05, 0) is 57.2 Å². The van der Waals surface area contributed by atoms with Gasteiger partial charge in [0.05, 0.1) is 0 Å². The Labute approximate surface area is 143 Å². The number of likely N-dealkylation sites (tertiary alicyclic amines) is 1. The Bertz CT molecular complexity index is 675. The monoisotopic (exact) mass is 327 g/mol. The van der Waals surface area contributed by atoms with Crippen LogP contribution in [0.15, 0.2) is 18.2 Å². The number of rotatable bonds is 2. The second-order valence-electron chi connectivity index (χ2n) is 7.11. The Morgan fingerprint density at radius 2 is 2.00 bits per heavy atom. The Morgan fingerprint density at radius 3 is 2.54 bits per heavy atom. The van der Waals surface area contributed by atoms with Crippen LogP contribution in [0.3, 0.4) is 0 Å². The molecule has 0 bridgehead atoms. The van der Waals surface area contributed by atoms with Crippen molar-refractivity contribution in [1.29, 1.82) is 5.41 Å². The molecule has 1 aromatic rings. The fourth-order valence-electron chi connectivity index (χ4n) is 2.84. The first-order valence-electron chi connectivity index (χ1n) is 8.14. The van der Waals surface area contributed by atoms with Crippen LogP contribution in [0.5, 0.6) is 0 Å². The molecule has 24 heavy (non-hydrogen) atoms. The number of terminal acetylenes is 1. The largest absolute Gasteiger partial charge is 0.444 e. The first-order valence-corrected chi connectivity index (χ1v) is 8.14. The molecule has 5 nitrogen and oxygen atoms in total. The van der Waals surface area contributed by atoms with E-state index in [2.05, 4.69) is 5.92 Å².